The van der Waals surface area contributed by atoms with Gasteiger partial charge in [-0.1, -0.05) is 76.1 Å². The number of hydrogen-bond donors (Lipinski definition) is 3. The Morgan fingerprint density at radius 1 is 0.886 bits per heavy atom. The van der Waals surface area contributed by atoms with E-state index in [1.165, 1.54) is 23.1 Å². The van der Waals surface area contributed by atoms with Crippen LogP contribution in [0.15, 0.2) is 124 Å². The van der Waals surface area contributed by atoms with Gasteiger partial charge >= 0.3 is 0 Å². The number of amides is 3. The third-order valence-corrected chi connectivity index (χ3v) is 8.54. The van der Waals surface area contributed by atoms with Crippen LogP contribution >= 0.6 is 50.6 Å². The molecule has 0 spiro atoms. The lowest BCUT2D eigenvalue weighted by Gasteiger charge is -2.12. The molecule has 1 aromatic heterocycles. The average Bonchev–Trinajstić information content (AvgIpc) is 3.49. The lowest BCUT2D eigenvalue weighted by molar-refractivity contribution is -0.114. The number of anilines is 2. The molecule has 1 heterocycles. The summed E-state index contributed by atoms with van der Waals surface area (Å²) < 4.78 is 0.839. The van der Waals surface area contributed by atoms with Crippen molar-refractivity contribution >= 4 is 85.2 Å². The van der Waals surface area contributed by atoms with E-state index in [9.17, 15) is 14.4 Å². The molecule has 0 fully saturated rings. The molecule has 0 aliphatic rings. The number of carbonyl (C=O) groups excluding carboxylic acids is 3. The first-order chi connectivity index (χ1) is 21.3. The molecule has 220 valence electrons. The van der Waals surface area contributed by atoms with Crippen LogP contribution in [0.25, 0.3) is 17.3 Å². The fourth-order valence-electron chi connectivity index (χ4n) is 3.96. The van der Waals surface area contributed by atoms with E-state index in [1.807, 2.05) is 53.9 Å². The Morgan fingerprint density at radius 3 is 2.43 bits per heavy atom. The predicted octanol–water partition coefficient (Wildman–Crippen LogP) is 8.37. The maximum Gasteiger partial charge on any atom is 0.272 e. The van der Waals surface area contributed by atoms with Crippen LogP contribution in [0.3, 0.4) is 0 Å². The van der Waals surface area contributed by atoms with Gasteiger partial charge in [0.2, 0.25) is 5.91 Å². The molecule has 3 amide bonds. The van der Waals surface area contributed by atoms with Gasteiger partial charge in [0.1, 0.15) is 5.70 Å². The quantitative estimate of drug-likeness (QED) is 0.100. The minimum Gasteiger partial charge on any atom is -0.321 e. The number of carbonyl (C=O) groups is 3. The van der Waals surface area contributed by atoms with Crippen LogP contribution in [-0.2, 0) is 9.59 Å². The number of rotatable bonds is 10. The molecule has 0 radical (unpaired) electrons. The molecule has 0 bridgehead atoms. The normalized spacial score (nSPS) is 11.1. The van der Waals surface area contributed by atoms with E-state index in [-0.39, 0.29) is 17.4 Å². The van der Waals surface area contributed by atoms with Crippen molar-refractivity contribution in [1.29, 1.82) is 0 Å². The minimum atomic E-state index is -0.491. The van der Waals surface area contributed by atoms with Gasteiger partial charge in [0.05, 0.1) is 11.4 Å². The Bertz CT molecular complexity index is 1830. The van der Waals surface area contributed by atoms with E-state index >= 15 is 0 Å². The van der Waals surface area contributed by atoms with Gasteiger partial charge in [-0.3, -0.25) is 14.4 Å². The van der Waals surface area contributed by atoms with Gasteiger partial charge in [0.15, 0.2) is 5.13 Å². The molecule has 0 atom stereocenters. The zero-order valence-corrected chi connectivity index (χ0v) is 26.9. The van der Waals surface area contributed by atoms with Crippen molar-refractivity contribution in [3.05, 3.63) is 135 Å². The van der Waals surface area contributed by atoms with Gasteiger partial charge in [-0.25, -0.2) is 4.98 Å². The molecule has 5 aromatic rings. The fraction of sp³-hybridized carbons (Fsp3) is 0.0303. The van der Waals surface area contributed by atoms with E-state index in [0.717, 1.165) is 26.2 Å². The zero-order chi connectivity index (χ0) is 30.9. The van der Waals surface area contributed by atoms with E-state index in [1.54, 1.807) is 60.7 Å². The fourth-order valence-corrected chi connectivity index (χ4v) is 5.99. The van der Waals surface area contributed by atoms with Crippen LogP contribution in [0.5, 0.6) is 0 Å². The lowest BCUT2D eigenvalue weighted by Crippen LogP contribution is -2.30. The number of hydrogen-bond acceptors (Lipinski definition) is 6. The Morgan fingerprint density at radius 2 is 1.66 bits per heavy atom. The average molecular weight is 704 g/mol. The molecule has 0 saturated heterocycles. The number of aromatic nitrogens is 1. The van der Waals surface area contributed by atoms with Crippen molar-refractivity contribution in [2.45, 2.75) is 4.90 Å². The Labute approximate surface area is 275 Å². The first-order valence-corrected chi connectivity index (χ1v) is 16.3. The molecule has 4 aromatic carbocycles. The summed E-state index contributed by atoms with van der Waals surface area (Å²) in [5.74, 6) is -0.953. The molecule has 5 rings (SSSR count). The molecule has 0 aliphatic heterocycles. The SMILES string of the molecule is O=C(CSc1cccc(NC(=O)/C(=C\c2cccc(Br)c2)NC(=O)c2ccccc2)c1)Nc1nc(-c2ccc(Cl)cc2)cs1. The highest BCUT2D eigenvalue weighted by molar-refractivity contribution is 9.10. The summed E-state index contributed by atoms with van der Waals surface area (Å²) in [4.78, 5) is 44.2. The van der Waals surface area contributed by atoms with Gasteiger partial charge in [0.25, 0.3) is 11.8 Å². The summed E-state index contributed by atoms with van der Waals surface area (Å²) in [5, 5.41) is 11.5. The number of thiazole rings is 1. The van der Waals surface area contributed by atoms with Crippen LogP contribution in [0.4, 0.5) is 10.8 Å². The van der Waals surface area contributed by atoms with Crippen molar-refractivity contribution in [1.82, 2.24) is 10.3 Å². The summed E-state index contributed by atoms with van der Waals surface area (Å²) in [5.41, 5.74) is 3.42. The highest BCUT2D eigenvalue weighted by atomic mass is 79.9. The number of nitrogens with one attached hydrogen (secondary N) is 3. The van der Waals surface area contributed by atoms with Crippen LogP contribution in [0.1, 0.15) is 15.9 Å². The van der Waals surface area contributed by atoms with Crippen LogP contribution in [-0.4, -0.2) is 28.5 Å². The monoisotopic (exact) mass is 702 g/mol. The molecule has 11 heteroatoms. The second-order valence-electron chi connectivity index (χ2n) is 9.30. The molecule has 44 heavy (non-hydrogen) atoms. The Balaban J connectivity index is 1.22. The molecule has 0 aliphatic carbocycles. The van der Waals surface area contributed by atoms with Crippen molar-refractivity contribution < 1.29 is 14.4 Å². The number of nitrogens with zero attached hydrogens (tertiary/aromatic N) is 1. The minimum absolute atomic E-state index is 0.0794. The van der Waals surface area contributed by atoms with Crippen molar-refractivity contribution in [2.75, 3.05) is 16.4 Å². The van der Waals surface area contributed by atoms with Gasteiger partial charge in [-0.05, 0) is 66.2 Å². The van der Waals surface area contributed by atoms with Gasteiger partial charge in [-0.2, -0.15) is 0 Å². The summed E-state index contributed by atoms with van der Waals surface area (Å²) in [6, 6.07) is 30.6. The number of thioether (sulfide) groups is 1. The van der Waals surface area contributed by atoms with Crippen LogP contribution in [0, 0.1) is 0 Å². The zero-order valence-electron chi connectivity index (χ0n) is 22.9. The van der Waals surface area contributed by atoms with Crippen molar-refractivity contribution in [3.8, 4) is 11.3 Å². The van der Waals surface area contributed by atoms with Gasteiger partial charge < -0.3 is 16.0 Å². The van der Waals surface area contributed by atoms with E-state index in [4.69, 9.17) is 11.6 Å². The summed E-state index contributed by atoms with van der Waals surface area (Å²) >= 11 is 12.1. The van der Waals surface area contributed by atoms with E-state index < -0.39 is 11.8 Å². The van der Waals surface area contributed by atoms with Gasteiger partial charge in [-0.15, -0.1) is 23.1 Å². The maximum atomic E-state index is 13.4. The smallest absolute Gasteiger partial charge is 0.272 e. The molecular weight excluding hydrogens is 680 g/mol. The Hall–Kier alpha value is -4.22. The third-order valence-electron chi connectivity index (χ3n) is 6.04. The molecule has 7 nitrogen and oxygen atoms in total. The predicted molar refractivity (Wildman–Crippen MR) is 183 cm³/mol. The molecule has 3 N–H and O–H groups in total. The first kappa shape index (κ1) is 31.2. The highest BCUT2D eigenvalue weighted by Gasteiger charge is 2.16. The van der Waals surface area contributed by atoms with Crippen LogP contribution < -0.4 is 16.0 Å². The summed E-state index contributed by atoms with van der Waals surface area (Å²) in [6.07, 6.45) is 1.61. The second-order valence-corrected chi connectivity index (χ2v) is 12.6. The topological polar surface area (TPSA) is 100 Å². The lowest BCUT2D eigenvalue weighted by atomic mass is 10.1. The molecular formula is C33H24BrClN4O3S2. The van der Waals surface area contributed by atoms with Crippen LogP contribution in [0.2, 0.25) is 5.02 Å². The number of benzene rings is 4. The van der Waals surface area contributed by atoms with Gasteiger partial charge in [0, 0.05) is 36.6 Å². The summed E-state index contributed by atoms with van der Waals surface area (Å²) in [7, 11) is 0. The summed E-state index contributed by atoms with van der Waals surface area (Å²) in [6.45, 7) is 0. The first-order valence-electron chi connectivity index (χ1n) is 13.2. The Kier molecular flexibility index (Phi) is 10.6. The van der Waals surface area contributed by atoms with E-state index in [2.05, 4.69) is 36.9 Å². The largest absolute Gasteiger partial charge is 0.321 e. The second kappa shape index (κ2) is 15.0. The number of halogens is 2. The standard InChI is InChI=1S/C33H24BrClN4O3S2/c34-24-9-4-6-21(16-24)17-28(37-31(41)23-7-2-1-3-8-23)32(42)36-26-10-5-11-27(18-26)43-20-30(40)39-33-38-29(19-44-33)22-12-14-25(35)15-13-22/h1-19H,20H2,(H,36,42)(H,37,41)(H,38,39,40)/b28-17+. The van der Waals surface area contributed by atoms with Crippen molar-refractivity contribution in [2.24, 2.45) is 0 Å². The highest BCUT2D eigenvalue weighted by Crippen LogP contribution is 2.27. The van der Waals surface area contributed by atoms with E-state index in [0.29, 0.717) is 21.4 Å². The molecule has 0 saturated carbocycles. The molecule has 0 unspecified atom stereocenters. The van der Waals surface area contributed by atoms with Crippen molar-refractivity contribution in [3.63, 3.8) is 0 Å². The maximum absolute atomic E-state index is 13.4. The third kappa shape index (κ3) is 8.90.